The van der Waals surface area contributed by atoms with Crippen molar-refractivity contribution in [2.45, 2.75) is 20.3 Å². The Kier molecular flexibility index (Phi) is 5.98. The van der Waals surface area contributed by atoms with Crippen LogP contribution in [0.4, 0.5) is 17.5 Å². The van der Waals surface area contributed by atoms with Crippen molar-refractivity contribution in [3.05, 3.63) is 40.5 Å². The Balaban J connectivity index is 2.10. The lowest BCUT2D eigenvalue weighted by Crippen LogP contribution is -2.08. The molecule has 2 N–H and O–H groups in total. The molecule has 0 atom stereocenters. The molecule has 6 heteroatoms. The molecule has 5 nitrogen and oxygen atoms in total. The predicted octanol–water partition coefficient (Wildman–Crippen LogP) is 3.94. The number of nitrogens with one attached hydrogen (secondary N) is 2. The van der Waals surface area contributed by atoms with E-state index in [9.17, 15) is 0 Å². The maximum absolute atomic E-state index is 6.14. The third-order valence-electron chi connectivity index (χ3n) is 3.20. The second kappa shape index (κ2) is 7.96. The molecule has 1 aromatic carbocycles. The van der Waals surface area contributed by atoms with Gasteiger partial charge in [-0.15, -0.1) is 0 Å². The molecule has 118 valence electrons. The number of halogens is 1. The molecule has 1 aromatic heterocycles. The molecule has 0 saturated heterocycles. The summed E-state index contributed by atoms with van der Waals surface area (Å²) in [7, 11) is 1.70. The second-order valence-corrected chi connectivity index (χ2v) is 5.44. The molecule has 2 rings (SSSR count). The van der Waals surface area contributed by atoms with Gasteiger partial charge in [-0.3, -0.25) is 0 Å². The van der Waals surface area contributed by atoms with Crippen molar-refractivity contribution >= 4 is 29.1 Å². The van der Waals surface area contributed by atoms with Gasteiger partial charge in [0.1, 0.15) is 5.82 Å². The highest BCUT2D eigenvalue weighted by Crippen LogP contribution is 2.25. The number of anilines is 3. The molecule has 0 bridgehead atoms. The van der Waals surface area contributed by atoms with E-state index in [1.807, 2.05) is 38.1 Å². The number of rotatable bonds is 7. The molecular formula is C16H21ClN4O. The Hall–Kier alpha value is -1.85. The number of hydrogen-bond donors (Lipinski definition) is 2. The highest BCUT2D eigenvalue weighted by atomic mass is 35.5. The van der Waals surface area contributed by atoms with Crippen LogP contribution in [-0.2, 0) is 4.74 Å². The van der Waals surface area contributed by atoms with Gasteiger partial charge in [0, 0.05) is 42.7 Å². The Labute approximate surface area is 136 Å². The van der Waals surface area contributed by atoms with Gasteiger partial charge in [-0.1, -0.05) is 17.7 Å². The van der Waals surface area contributed by atoms with Gasteiger partial charge in [0.05, 0.1) is 0 Å². The number of ether oxygens (including phenoxy) is 1. The van der Waals surface area contributed by atoms with Crippen LogP contribution in [0, 0.1) is 13.8 Å². The molecular weight excluding hydrogens is 300 g/mol. The van der Waals surface area contributed by atoms with E-state index in [1.165, 1.54) is 0 Å². The summed E-state index contributed by atoms with van der Waals surface area (Å²) in [4.78, 5) is 8.89. The first-order chi connectivity index (χ1) is 10.6. The summed E-state index contributed by atoms with van der Waals surface area (Å²) in [5.41, 5.74) is 2.78. The van der Waals surface area contributed by atoms with E-state index in [-0.39, 0.29) is 0 Å². The fraction of sp³-hybridized carbons (Fsp3) is 0.375. The zero-order valence-corrected chi connectivity index (χ0v) is 13.9. The van der Waals surface area contributed by atoms with Crippen LogP contribution < -0.4 is 10.6 Å². The van der Waals surface area contributed by atoms with Crippen LogP contribution in [0.25, 0.3) is 0 Å². The van der Waals surface area contributed by atoms with Gasteiger partial charge in [-0.2, -0.15) is 4.98 Å². The minimum absolute atomic E-state index is 0.555. The van der Waals surface area contributed by atoms with Crippen LogP contribution >= 0.6 is 11.6 Å². The number of hydrogen-bond acceptors (Lipinski definition) is 5. The van der Waals surface area contributed by atoms with E-state index < -0.39 is 0 Å². The molecule has 2 aromatic rings. The molecule has 0 aliphatic rings. The van der Waals surface area contributed by atoms with Gasteiger partial charge in [0.2, 0.25) is 5.95 Å². The van der Waals surface area contributed by atoms with Crippen LogP contribution in [0.15, 0.2) is 24.3 Å². The number of aryl methyl sites for hydroxylation is 1. The monoisotopic (exact) mass is 320 g/mol. The molecule has 0 fully saturated rings. The van der Waals surface area contributed by atoms with Crippen molar-refractivity contribution in [2.24, 2.45) is 0 Å². The molecule has 0 amide bonds. The van der Waals surface area contributed by atoms with E-state index in [0.717, 1.165) is 47.4 Å². The Morgan fingerprint density at radius 3 is 2.82 bits per heavy atom. The Morgan fingerprint density at radius 1 is 1.23 bits per heavy atom. The van der Waals surface area contributed by atoms with Crippen molar-refractivity contribution in [1.29, 1.82) is 0 Å². The first-order valence-corrected chi connectivity index (χ1v) is 7.58. The Bertz CT molecular complexity index is 634. The molecule has 0 aliphatic carbocycles. The molecule has 0 radical (unpaired) electrons. The van der Waals surface area contributed by atoms with Gasteiger partial charge in [-0.25, -0.2) is 4.98 Å². The SMILES string of the molecule is COCCCNc1cc(C)nc(Nc2cccc(Cl)c2C)n1. The van der Waals surface area contributed by atoms with Crippen LogP contribution in [0.2, 0.25) is 5.02 Å². The van der Waals surface area contributed by atoms with Gasteiger partial charge < -0.3 is 15.4 Å². The van der Waals surface area contributed by atoms with Gasteiger partial charge in [-0.05, 0) is 38.0 Å². The van der Waals surface area contributed by atoms with Gasteiger partial charge in [0.15, 0.2) is 0 Å². The van der Waals surface area contributed by atoms with Crippen molar-refractivity contribution in [3.8, 4) is 0 Å². The Morgan fingerprint density at radius 2 is 2.05 bits per heavy atom. The summed E-state index contributed by atoms with van der Waals surface area (Å²) in [5.74, 6) is 1.35. The number of methoxy groups -OCH3 is 1. The lowest BCUT2D eigenvalue weighted by atomic mass is 10.2. The lowest BCUT2D eigenvalue weighted by molar-refractivity contribution is 0.198. The standard InChI is InChI=1S/C16H21ClN4O/c1-11-10-15(18-8-5-9-22-3)21-16(19-11)20-14-7-4-6-13(17)12(14)2/h4,6-7,10H,5,8-9H2,1-3H3,(H2,18,19,20,21). The molecule has 0 aliphatic heterocycles. The van der Waals surface area contributed by atoms with Crippen molar-refractivity contribution in [2.75, 3.05) is 30.9 Å². The van der Waals surface area contributed by atoms with E-state index in [1.54, 1.807) is 7.11 Å². The minimum atomic E-state index is 0.555. The normalized spacial score (nSPS) is 10.5. The first kappa shape index (κ1) is 16.5. The van der Waals surface area contributed by atoms with Crippen LogP contribution in [0.5, 0.6) is 0 Å². The third-order valence-corrected chi connectivity index (χ3v) is 3.61. The number of benzene rings is 1. The van der Waals surface area contributed by atoms with Crippen molar-refractivity contribution < 1.29 is 4.74 Å². The minimum Gasteiger partial charge on any atom is -0.385 e. The quantitative estimate of drug-likeness (QED) is 0.757. The first-order valence-electron chi connectivity index (χ1n) is 7.21. The van der Waals surface area contributed by atoms with Gasteiger partial charge in [0.25, 0.3) is 0 Å². The highest BCUT2D eigenvalue weighted by Gasteiger charge is 2.06. The van der Waals surface area contributed by atoms with Crippen LogP contribution in [0.3, 0.4) is 0 Å². The smallest absolute Gasteiger partial charge is 0.229 e. The zero-order chi connectivity index (χ0) is 15.9. The summed E-state index contributed by atoms with van der Waals surface area (Å²) in [6.07, 6.45) is 0.926. The van der Waals surface area contributed by atoms with Crippen molar-refractivity contribution in [1.82, 2.24) is 9.97 Å². The summed E-state index contributed by atoms with van der Waals surface area (Å²) < 4.78 is 5.03. The fourth-order valence-electron chi connectivity index (χ4n) is 2.01. The second-order valence-electron chi connectivity index (χ2n) is 5.03. The van der Waals surface area contributed by atoms with Crippen LogP contribution in [-0.4, -0.2) is 30.2 Å². The lowest BCUT2D eigenvalue weighted by Gasteiger charge is -2.12. The van der Waals surface area contributed by atoms with Crippen LogP contribution in [0.1, 0.15) is 17.7 Å². The van der Waals surface area contributed by atoms with E-state index >= 15 is 0 Å². The summed E-state index contributed by atoms with van der Waals surface area (Å²) in [5, 5.41) is 7.22. The molecule has 22 heavy (non-hydrogen) atoms. The zero-order valence-electron chi connectivity index (χ0n) is 13.1. The average molecular weight is 321 g/mol. The maximum Gasteiger partial charge on any atom is 0.229 e. The number of nitrogens with zero attached hydrogens (tertiary/aromatic N) is 2. The highest BCUT2D eigenvalue weighted by molar-refractivity contribution is 6.31. The molecule has 0 spiro atoms. The average Bonchev–Trinajstić information content (AvgIpc) is 2.48. The molecule has 0 unspecified atom stereocenters. The van der Waals surface area contributed by atoms with Crippen molar-refractivity contribution in [3.63, 3.8) is 0 Å². The number of aromatic nitrogens is 2. The summed E-state index contributed by atoms with van der Waals surface area (Å²) in [6.45, 7) is 5.44. The third kappa shape index (κ3) is 4.58. The van der Waals surface area contributed by atoms with E-state index in [0.29, 0.717) is 5.95 Å². The van der Waals surface area contributed by atoms with E-state index in [4.69, 9.17) is 16.3 Å². The fourth-order valence-corrected chi connectivity index (χ4v) is 2.19. The topological polar surface area (TPSA) is 59.1 Å². The predicted molar refractivity (Wildman–Crippen MR) is 91.2 cm³/mol. The van der Waals surface area contributed by atoms with E-state index in [2.05, 4.69) is 20.6 Å². The van der Waals surface area contributed by atoms with Gasteiger partial charge >= 0.3 is 0 Å². The largest absolute Gasteiger partial charge is 0.385 e. The molecule has 1 heterocycles. The summed E-state index contributed by atoms with van der Waals surface area (Å²) >= 11 is 6.14. The summed E-state index contributed by atoms with van der Waals surface area (Å²) in [6, 6.07) is 7.64. The maximum atomic E-state index is 6.14. The molecule has 0 saturated carbocycles.